The predicted molar refractivity (Wildman–Crippen MR) is 86.4 cm³/mol. The number of hydrogen-bond donors (Lipinski definition) is 1. The number of methoxy groups -OCH3 is 2. The van der Waals surface area contributed by atoms with Crippen LogP contribution in [0, 0.1) is 0 Å². The molecule has 22 heavy (non-hydrogen) atoms. The summed E-state index contributed by atoms with van der Waals surface area (Å²) in [6.07, 6.45) is 5.41. The molecular weight excluding hydrogens is 280 g/mol. The van der Waals surface area contributed by atoms with Gasteiger partial charge < -0.3 is 19.0 Å². The average molecular weight is 296 g/mol. The molecule has 1 aromatic heterocycles. The molecule has 4 nitrogen and oxygen atoms in total. The second-order valence-electron chi connectivity index (χ2n) is 4.86. The SMILES string of the molecule is COc1cc(/C=C/c2cc(O)c3occc3c2)cc(OC)c1. The zero-order valence-corrected chi connectivity index (χ0v) is 12.4. The minimum Gasteiger partial charge on any atom is -0.504 e. The first kappa shape index (κ1) is 14.1. The number of furan rings is 1. The lowest BCUT2D eigenvalue weighted by molar-refractivity contribution is 0.394. The zero-order chi connectivity index (χ0) is 15.5. The lowest BCUT2D eigenvalue weighted by Crippen LogP contribution is -1.88. The van der Waals surface area contributed by atoms with E-state index in [4.69, 9.17) is 13.9 Å². The van der Waals surface area contributed by atoms with Crippen LogP contribution in [0.3, 0.4) is 0 Å². The Bertz CT molecular complexity index is 808. The van der Waals surface area contributed by atoms with Crippen LogP contribution in [0.5, 0.6) is 17.2 Å². The van der Waals surface area contributed by atoms with Crippen molar-refractivity contribution in [3.63, 3.8) is 0 Å². The molecule has 0 unspecified atom stereocenters. The van der Waals surface area contributed by atoms with Gasteiger partial charge in [-0.25, -0.2) is 0 Å². The molecule has 0 atom stereocenters. The molecule has 0 aliphatic heterocycles. The van der Waals surface area contributed by atoms with Crippen LogP contribution in [0.4, 0.5) is 0 Å². The highest BCUT2D eigenvalue weighted by Gasteiger charge is 2.04. The number of phenols is 1. The van der Waals surface area contributed by atoms with E-state index in [0.717, 1.165) is 28.0 Å². The second kappa shape index (κ2) is 5.85. The Labute approximate surface area is 128 Å². The van der Waals surface area contributed by atoms with E-state index in [9.17, 15) is 5.11 Å². The Balaban J connectivity index is 1.95. The van der Waals surface area contributed by atoms with Crippen molar-refractivity contribution in [2.75, 3.05) is 14.2 Å². The Morgan fingerprint density at radius 1 is 0.909 bits per heavy atom. The maximum absolute atomic E-state index is 9.93. The molecule has 0 aliphatic rings. The van der Waals surface area contributed by atoms with Crippen molar-refractivity contribution in [1.29, 1.82) is 0 Å². The number of phenolic OH excluding ortho intramolecular Hbond substituents is 1. The molecule has 0 bridgehead atoms. The van der Waals surface area contributed by atoms with Crippen molar-refractivity contribution in [1.82, 2.24) is 0 Å². The molecule has 0 fully saturated rings. The van der Waals surface area contributed by atoms with Gasteiger partial charge in [-0.3, -0.25) is 0 Å². The summed E-state index contributed by atoms with van der Waals surface area (Å²) in [6, 6.07) is 11.1. The van der Waals surface area contributed by atoms with E-state index in [1.54, 1.807) is 26.5 Å². The molecule has 0 saturated carbocycles. The molecular formula is C18H16O4. The maximum atomic E-state index is 9.93. The second-order valence-corrected chi connectivity index (χ2v) is 4.86. The molecule has 0 spiro atoms. The zero-order valence-electron chi connectivity index (χ0n) is 12.4. The van der Waals surface area contributed by atoms with Gasteiger partial charge in [-0.2, -0.15) is 0 Å². The van der Waals surface area contributed by atoms with Crippen LogP contribution in [-0.2, 0) is 0 Å². The van der Waals surface area contributed by atoms with Gasteiger partial charge >= 0.3 is 0 Å². The average Bonchev–Trinajstić information content (AvgIpc) is 3.01. The molecule has 0 amide bonds. The topological polar surface area (TPSA) is 51.8 Å². The van der Waals surface area contributed by atoms with Gasteiger partial charge in [0.1, 0.15) is 11.5 Å². The van der Waals surface area contributed by atoms with Crippen LogP contribution in [0.2, 0.25) is 0 Å². The third kappa shape index (κ3) is 2.76. The Kier molecular flexibility index (Phi) is 3.74. The monoisotopic (exact) mass is 296 g/mol. The highest BCUT2D eigenvalue weighted by atomic mass is 16.5. The van der Waals surface area contributed by atoms with E-state index >= 15 is 0 Å². The molecule has 112 valence electrons. The van der Waals surface area contributed by atoms with Crippen molar-refractivity contribution in [3.8, 4) is 17.2 Å². The van der Waals surface area contributed by atoms with Crippen LogP contribution >= 0.6 is 0 Å². The number of rotatable bonds is 4. The molecule has 4 heteroatoms. The fourth-order valence-corrected chi connectivity index (χ4v) is 2.30. The fourth-order valence-electron chi connectivity index (χ4n) is 2.30. The Morgan fingerprint density at radius 2 is 1.55 bits per heavy atom. The van der Waals surface area contributed by atoms with Gasteiger partial charge in [0.2, 0.25) is 0 Å². The summed E-state index contributed by atoms with van der Waals surface area (Å²) in [5.41, 5.74) is 2.33. The minimum atomic E-state index is 0.130. The highest BCUT2D eigenvalue weighted by molar-refractivity contribution is 5.87. The smallest absolute Gasteiger partial charge is 0.175 e. The summed E-state index contributed by atoms with van der Waals surface area (Å²) in [4.78, 5) is 0. The maximum Gasteiger partial charge on any atom is 0.175 e. The highest BCUT2D eigenvalue weighted by Crippen LogP contribution is 2.29. The first-order valence-electron chi connectivity index (χ1n) is 6.81. The first-order chi connectivity index (χ1) is 10.7. The molecule has 2 aromatic carbocycles. The summed E-state index contributed by atoms with van der Waals surface area (Å²) in [7, 11) is 3.24. The van der Waals surface area contributed by atoms with Gasteiger partial charge in [-0.1, -0.05) is 12.2 Å². The van der Waals surface area contributed by atoms with Gasteiger partial charge in [-0.05, 0) is 41.5 Å². The molecule has 0 saturated heterocycles. The van der Waals surface area contributed by atoms with Gasteiger partial charge in [0.05, 0.1) is 20.5 Å². The summed E-state index contributed by atoms with van der Waals surface area (Å²) in [6.45, 7) is 0. The fraction of sp³-hybridized carbons (Fsp3) is 0.111. The van der Waals surface area contributed by atoms with Crippen molar-refractivity contribution in [3.05, 3.63) is 53.8 Å². The van der Waals surface area contributed by atoms with Gasteiger partial charge in [0.15, 0.2) is 11.3 Å². The molecule has 1 heterocycles. The number of ether oxygens (including phenoxy) is 2. The number of fused-ring (bicyclic) bond motifs is 1. The van der Waals surface area contributed by atoms with Gasteiger partial charge in [0, 0.05) is 11.5 Å². The number of aromatic hydroxyl groups is 1. The van der Waals surface area contributed by atoms with Crippen molar-refractivity contribution >= 4 is 23.1 Å². The van der Waals surface area contributed by atoms with Gasteiger partial charge in [0.25, 0.3) is 0 Å². The van der Waals surface area contributed by atoms with Crippen molar-refractivity contribution < 1.29 is 19.0 Å². The normalized spacial score (nSPS) is 11.2. The predicted octanol–water partition coefficient (Wildman–Crippen LogP) is 4.33. The molecule has 3 aromatic rings. The third-order valence-corrected chi connectivity index (χ3v) is 3.40. The summed E-state index contributed by atoms with van der Waals surface area (Å²) < 4.78 is 15.7. The number of hydrogen-bond acceptors (Lipinski definition) is 4. The molecule has 3 rings (SSSR count). The largest absolute Gasteiger partial charge is 0.504 e. The summed E-state index contributed by atoms with van der Waals surface area (Å²) in [5, 5.41) is 10.8. The number of benzene rings is 2. The van der Waals surface area contributed by atoms with E-state index in [1.165, 1.54) is 0 Å². The molecule has 1 N–H and O–H groups in total. The van der Waals surface area contributed by atoms with Gasteiger partial charge in [-0.15, -0.1) is 0 Å². The first-order valence-corrected chi connectivity index (χ1v) is 6.81. The Morgan fingerprint density at radius 3 is 2.18 bits per heavy atom. The summed E-state index contributed by atoms with van der Waals surface area (Å²) in [5.74, 6) is 1.59. The quantitative estimate of drug-likeness (QED) is 0.728. The van der Waals surface area contributed by atoms with Crippen LogP contribution in [0.1, 0.15) is 11.1 Å². The van der Waals surface area contributed by atoms with Crippen molar-refractivity contribution in [2.45, 2.75) is 0 Å². The lowest BCUT2D eigenvalue weighted by atomic mass is 10.1. The van der Waals surface area contributed by atoms with Crippen LogP contribution < -0.4 is 9.47 Å². The summed E-state index contributed by atoms with van der Waals surface area (Å²) >= 11 is 0. The third-order valence-electron chi connectivity index (χ3n) is 3.40. The standard InChI is InChI=1S/C18H16O4/c1-20-15-8-13(9-16(11-15)21-2)4-3-12-7-14-5-6-22-18(14)17(19)10-12/h3-11,19H,1-2H3/b4-3+. The van der Waals surface area contributed by atoms with E-state index in [1.807, 2.05) is 42.5 Å². The van der Waals surface area contributed by atoms with Crippen molar-refractivity contribution in [2.24, 2.45) is 0 Å². The molecule has 0 aliphatic carbocycles. The van der Waals surface area contributed by atoms with E-state index in [0.29, 0.717) is 5.58 Å². The van der Waals surface area contributed by atoms with E-state index in [2.05, 4.69) is 0 Å². The Hall–Kier alpha value is -2.88. The van der Waals surface area contributed by atoms with Crippen LogP contribution in [-0.4, -0.2) is 19.3 Å². The lowest BCUT2D eigenvalue weighted by Gasteiger charge is -2.05. The minimum absolute atomic E-state index is 0.130. The molecule has 0 radical (unpaired) electrons. The van der Waals surface area contributed by atoms with Crippen LogP contribution in [0.15, 0.2) is 47.1 Å². The van der Waals surface area contributed by atoms with Crippen LogP contribution in [0.25, 0.3) is 23.1 Å². The van der Waals surface area contributed by atoms with E-state index < -0.39 is 0 Å². The van der Waals surface area contributed by atoms with E-state index in [-0.39, 0.29) is 5.75 Å².